The molecule has 1 fully saturated rings. The van der Waals surface area contributed by atoms with E-state index in [1.807, 2.05) is 0 Å². The van der Waals surface area contributed by atoms with Crippen LogP contribution in [0.1, 0.15) is 32.0 Å². The second kappa shape index (κ2) is 4.84. The lowest BCUT2D eigenvalue weighted by Crippen LogP contribution is -2.21. The predicted octanol–water partition coefficient (Wildman–Crippen LogP) is 3.49. The van der Waals surface area contributed by atoms with Crippen LogP contribution in [0.2, 0.25) is 0 Å². The Bertz CT molecular complexity index is 545. The van der Waals surface area contributed by atoms with Crippen molar-refractivity contribution in [2.75, 3.05) is 18.5 Å². The highest BCUT2D eigenvalue weighted by Crippen LogP contribution is 2.33. The SMILES string of the molecule is CCc1nc(N(C)CCC2CC2)c2ccsc2n1. The largest absolute Gasteiger partial charge is 0.359 e. The molecule has 0 radical (unpaired) electrons. The van der Waals surface area contributed by atoms with Crippen molar-refractivity contribution < 1.29 is 0 Å². The van der Waals surface area contributed by atoms with Crippen molar-refractivity contribution in [1.29, 1.82) is 0 Å². The molecule has 0 aromatic carbocycles. The van der Waals surface area contributed by atoms with Gasteiger partial charge in [-0.2, -0.15) is 0 Å². The maximum Gasteiger partial charge on any atom is 0.140 e. The highest BCUT2D eigenvalue weighted by atomic mass is 32.1. The molecule has 0 bridgehead atoms. The molecule has 0 saturated heterocycles. The first-order valence-electron chi connectivity index (χ1n) is 6.73. The fourth-order valence-corrected chi connectivity index (χ4v) is 3.00. The molecule has 3 rings (SSSR count). The first kappa shape index (κ1) is 11.9. The van der Waals surface area contributed by atoms with Crippen molar-refractivity contribution in [3.8, 4) is 0 Å². The van der Waals surface area contributed by atoms with Gasteiger partial charge in [0.15, 0.2) is 0 Å². The monoisotopic (exact) mass is 261 g/mol. The van der Waals surface area contributed by atoms with Crippen LogP contribution in [0.25, 0.3) is 10.2 Å². The first-order chi connectivity index (χ1) is 8.78. The molecular weight excluding hydrogens is 242 g/mol. The molecule has 2 aromatic heterocycles. The summed E-state index contributed by atoms with van der Waals surface area (Å²) in [5.74, 6) is 3.04. The van der Waals surface area contributed by atoms with Crippen LogP contribution in [0, 0.1) is 5.92 Å². The van der Waals surface area contributed by atoms with Gasteiger partial charge in [0.2, 0.25) is 0 Å². The maximum absolute atomic E-state index is 4.71. The van der Waals surface area contributed by atoms with E-state index in [9.17, 15) is 0 Å². The van der Waals surface area contributed by atoms with E-state index in [0.717, 1.165) is 35.4 Å². The molecule has 0 aliphatic heterocycles. The van der Waals surface area contributed by atoms with Crippen LogP contribution in [0.4, 0.5) is 5.82 Å². The fraction of sp³-hybridized carbons (Fsp3) is 0.571. The molecule has 3 nitrogen and oxygen atoms in total. The summed E-state index contributed by atoms with van der Waals surface area (Å²) in [5, 5.41) is 3.31. The second-order valence-electron chi connectivity index (χ2n) is 5.11. The quantitative estimate of drug-likeness (QED) is 0.825. The number of nitrogens with zero attached hydrogens (tertiary/aromatic N) is 3. The molecule has 2 aromatic rings. The smallest absolute Gasteiger partial charge is 0.140 e. The number of hydrogen-bond donors (Lipinski definition) is 0. The van der Waals surface area contributed by atoms with Crippen LogP contribution in [-0.2, 0) is 6.42 Å². The van der Waals surface area contributed by atoms with Gasteiger partial charge in [0, 0.05) is 20.0 Å². The zero-order chi connectivity index (χ0) is 12.5. The molecule has 1 aliphatic rings. The summed E-state index contributed by atoms with van der Waals surface area (Å²) in [6, 6.07) is 2.14. The summed E-state index contributed by atoms with van der Waals surface area (Å²) in [7, 11) is 2.15. The molecule has 0 unspecified atom stereocenters. The standard InChI is InChI=1S/C14H19N3S/c1-3-12-15-13(11-7-9-18-14(11)16-12)17(2)8-6-10-4-5-10/h7,9-10H,3-6,8H2,1-2H3. The van der Waals surface area contributed by atoms with Gasteiger partial charge in [-0.25, -0.2) is 9.97 Å². The molecule has 1 saturated carbocycles. The molecule has 0 N–H and O–H groups in total. The van der Waals surface area contributed by atoms with Gasteiger partial charge < -0.3 is 4.90 Å². The molecule has 0 amide bonds. The zero-order valence-corrected chi connectivity index (χ0v) is 11.8. The Balaban J connectivity index is 1.89. The minimum atomic E-state index is 0.900. The fourth-order valence-electron chi connectivity index (χ4n) is 2.22. The van der Waals surface area contributed by atoms with E-state index in [1.54, 1.807) is 11.3 Å². The number of anilines is 1. The summed E-state index contributed by atoms with van der Waals surface area (Å²) in [5.41, 5.74) is 0. The third-order valence-corrected chi connectivity index (χ3v) is 4.41. The van der Waals surface area contributed by atoms with E-state index in [0.29, 0.717) is 0 Å². The lowest BCUT2D eigenvalue weighted by atomic mass is 10.2. The Morgan fingerprint density at radius 2 is 2.22 bits per heavy atom. The summed E-state index contributed by atoms with van der Waals surface area (Å²) in [4.78, 5) is 12.7. The van der Waals surface area contributed by atoms with E-state index < -0.39 is 0 Å². The van der Waals surface area contributed by atoms with Gasteiger partial charge in [-0.15, -0.1) is 11.3 Å². The van der Waals surface area contributed by atoms with Crippen molar-refractivity contribution in [3.63, 3.8) is 0 Å². The van der Waals surface area contributed by atoms with Gasteiger partial charge in [0.05, 0.1) is 5.39 Å². The molecular formula is C14H19N3S. The van der Waals surface area contributed by atoms with Crippen molar-refractivity contribution in [2.24, 2.45) is 5.92 Å². The third kappa shape index (κ3) is 2.34. The van der Waals surface area contributed by atoms with Crippen molar-refractivity contribution in [3.05, 3.63) is 17.3 Å². The van der Waals surface area contributed by atoms with Crippen LogP contribution >= 0.6 is 11.3 Å². The average Bonchev–Trinajstić information content (AvgIpc) is 3.10. The summed E-state index contributed by atoms with van der Waals surface area (Å²) in [6.45, 7) is 3.22. The first-order valence-corrected chi connectivity index (χ1v) is 7.61. The van der Waals surface area contributed by atoms with E-state index >= 15 is 0 Å². The van der Waals surface area contributed by atoms with E-state index in [4.69, 9.17) is 4.98 Å². The van der Waals surface area contributed by atoms with Gasteiger partial charge in [-0.05, 0) is 23.8 Å². The van der Waals surface area contributed by atoms with Gasteiger partial charge >= 0.3 is 0 Å². The topological polar surface area (TPSA) is 29.0 Å². The Labute approximate surface area is 112 Å². The van der Waals surface area contributed by atoms with Crippen LogP contribution < -0.4 is 4.90 Å². The predicted molar refractivity (Wildman–Crippen MR) is 77.4 cm³/mol. The van der Waals surface area contributed by atoms with E-state index in [2.05, 4.69) is 35.3 Å². The van der Waals surface area contributed by atoms with Gasteiger partial charge in [-0.3, -0.25) is 0 Å². The van der Waals surface area contributed by atoms with E-state index in [1.165, 1.54) is 24.6 Å². The lowest BCUT2D eigenvalue weighted by molar-refractivity contribution is 0.705. The van der Waals surface area contributed by atoms with E-state index in [-0.39, 0.29) is 0 Å². The summed E-state index contributed by atoms with van der Waals surface area (Å²) >= 11 is 1.71. The number of thiophene rings is 1. The van der Waals surface area contributed by atoms with Crippen LogP contribution in [0.3, 0.4) is 0 Å². The zero-order valence-electron chi connectivity index (χ0n) is 11.0. The Morgan fingerprint density at radius 1 is 1.39 bits per heavy atom. The Hall–Kier alpha value is -1.16. The number of aromatic nitrogens is 2. The van der Waals surface area contributed by atoms with Crippen molar-refractivity contribution in [1.82, 2.24) is 9.97 Å². The van der Waals surface area contributed by atoms with Crippen molar-refractivity contribution >= 4 is 27.4 Å². The lowest BCUT2D eigenvalue weighted by Gasteiger charge is -2.19. The Kier molecular flexibility index (Phi) is 3.20. The van der Waals surface area contributed by atoms with Gasteiger partial charge in [0.25, 0.3) is 0 Å². The maximum atomic E-state index is 4.71. The highest BCUT2D eigenvalue weighted by Gasteiger charge is 2.22. The number of aryl methyl sites for hydroxylation is 1. The van der Waals surface area contributed by atoms with Crippen LogP contribution in [0.5, 0.6) is 0 Å². The van der Waals surface area contributed by atoms with Gasteiger partial charge in [-0.1, -0.05) is 19.8 Å². The number of hydrogen-bond acceptors (Lipinski definition) is 4. The average molecular weight is 261 g/mol. The number of fused-ring (bicyclic) bond motifs is 1. The van der Waals surface area contributed by atoms with Gasteiger partial charge in [0.1, 0.15) is 16.5 Å². The van der Waals surface area contributed by atoms with Crippen LogP contribution in [-0.4, -0.2) is 23.6 Å². The van der Waals surface area contributed by atoms with Crippen molar-refractivity contribution in [2.45, 2.75) is 32.6 Å². The molecule has 96 valence electrons. The molecule has 2 heterocycles. The normalized spacial score (nSPS) is 15.2. The third-order valence-electron chi connectivity index (χ3n) is 3.60. The summed E-state index contributed by atoms with van der Waals surface area (Å²) < 4.78 is 0. The molecule has 4 heteroatoms. The minimum Gasteiger partial charge on any atom is -0.359 e. The molecule has 0 spiro atoms. The Morgan fingerprint density at radius 3 is 2.94 bits per heavy atom. The molecule has 0 atom stereocenters. The highest BCUT2D eigenvalue weighted by molar-refractivity contribution is 7.16. The second-order valence-corrected chi connectivity index (χ2v) is 6.00. The minimum absolute atomic E-state index is 0.900. The molecule has 18 heavy (non-hydrogen) atoms. The molecule has 1 aliphatic carbocycles. The van der Waals surface area contributed by atoms with Crippen LogP contribution in [0.15, 0.2) is 11.4 Å². The number of rotatable bonds is 5. The summed E-state index contributed by atoms with van der Waals surface area (Å²) in [6.07, 6.45) is 5.04.